The predicted octanol–water partition coefficient (Wildman–Crippen LogP) is 5.47. The summed E-state index contributed by atoms with van der Waals surface area (Å²) in [4.78, 5) is 43.8. The van der Waals surface area contributed by atoms with Crippen LogP contribution in [0.4, 0.5) is 0 Å². The van der Waals surface area contributed by atoms with Crippen LogP contribution in [0.5, 0.6) is 0 Å². The number of hydrogen-bond donors (Lipinski definition) is 7. The minimum Gasteiger partial charge on any atom is -0.511 e. The van der Waals surface area contributed by atoms with Crippen LogP contribution < -0.4 is 0 Å². The summed E-state index contributed by atoms with van der Waals surface area (Å²) in [7, 11) is 1.42. The lowest BCUT2D eigenvalue weighted by Crippen LogP contribution is -2.62. The number of aliphatic hydroxyl groups is 7. The maximum atomic E-state index is 15.5. The average Bonchev–Trinajstić information content (AvgIpc) is 3.80. The molecule has 7 N–H and O–H groups in total. The number of carbonyl (C=O) groups excluding carboxylic acids is 3. The van der Waals surface area contributed by atoms with Gasteiger partial charge in [0.25, 0.3) is 0 Å². The quantitative estimate of drug-likeness (QED) is 0.0902. The van der Waals surface area contributed by atoms with Gasteiger partial charge in [-0.2, -0.15) is 0 Å². The van der Waals surface area contributed by atoms with Crippen molar-refractivity contribution < 1.29 is 88.0 Å². The van der Waals surface area contributed by atoms with Gasteiger partial charge in [0.2, 0.25) is 5.78 Å². The Morgan fingerprint density at radius 2 is 1.32 bits per heavy atom. The molecule has 26 atom stereocenters. The normalized spacial score (nSPS) is 49.4. The lowest BCUT2D eigenvalue weighted by Gasteiger charge is -2.55. The Bertz CT molecular complexity index is 2290. The van der Waals surface area contributed by atoms with Crippen molar-refractivity contribution in [3.8, 4) is 0 Å². The van der Waals surface area contributed by atoms with Gasteiger partial charge in [-0.25, -0.2) is 4.79 Å². The molecule has 0 aromatic carbocycles. The molecule has 18 heteroatoms. The van der Waals surface area contributed by atoms with E-state index < -0.39 is 161 Å². The molecular weight excluding hydrogens is 997 g/mol. The third-order valence-electron chi connectivity index (χ3n) is 19.8. The Labute approximate surface area is 454 Å². The fourth-order valence-electron chi connectivity index (χ4n) is 15.6. The van der Waals surface area contributed by atoms with Crippen LogP contribution >= 0.6 is 0 Å². The van der Waals surface area contributed by atoms with Crippen LogP contribution in [0.3, 0.4) is 0 Å². The fraction of sp³-hybridized carbons (Fsp3) is 0.814. The van der Waals surface area contributed by atoms with Gasteiger partial charge in [0.05, 0.1) is 42.7 Å². The van der Waals surface area contributed by atoms with E-state index in [4.69, 9.17) is 37.9 Å². The standard InChI is InChI=1S/C59H90O18/c1-26-15-14-16-57(11)23-30(5)31(6)24-59(57)54(68)44(55(69)77-59)53(67)58(12)45(28(3)19-37-39(62)20-38(61)32(7)46(37)58)27(2)17-36(25-60)18-29(4)49(26)74-43-22-41(64)50(34(9)72-43)76-56-48(66)52(70-13)51(35(10)73-56)75-42-21-40(63)47(65)33(8)71-42/h17,19,23,26,29,31-37,39-43,45-52,56,60,62-67H,14-16,18,20-22,24-25H2,1-13H3/t26-,29-,31-,32+,33-,34-,35+,36+,37-,39+,40+,41+,42+,43+,45+,46-,47-,48-,49-,50-,51+,52+,56+,57-,58+,59-/m1/s1. The molecule has 2 bridgehead atoms. The summed E-state index contributed by atoms with van der Waals surface area (Å²) in [5, 5.41) is 79.7. The molecule has 77 heavy (non-hydrogen) atoms. The topological polar surface area (TPSA) is 267 Å². The van der Waals surface area contributed by atoms with E-state index in [0.717, 1.165) is 16.7 Å². The van der Waals surface area contributed by atoms with Crippen LogP contribution in [0, 0.1) is 58.2 Å². The van der Waals surface area contributed by atoms with Crippen molar-refractivity contribution >= 4 is 17.5 Å². The molecule has 0 amide bonds. The summed E-state index contributed by atoms with van der Waals surface area (Å²) in [6.07, 6.45) is -5.82. The van der Waals surface area contributed by atoms with Crippen LogP contribution in [0.1, 0.15) is 134 Å². The summed E-state index contributed by atoms with van der Waals surface area (Å²) in [5.74, 6) is -5.55. The first-order chi connectivity index (χ1) is 36.1. The van der Waals surface area contributed by atoms with E-state index in [0.29, 0.717) is 25.7 Å². The number of aliphatic hydroxyl groups excluding tert-OH is 7. The second-order valence-electron chi connectivity index (χ2n) is 25.2. The van der Waals surface area contributed by atoms with E-state index in [2.05, 4.69) is 19.9 Å². The van der Waals surface area contributed by atoms with Gasteiger partial charge >= 0.3 is 5.97 Å². The number of carbonyl (C=O) groups is 3. The number of rotatable bonds is 8. The van der Waals surface area contributed by atoms with Gasteiger partial charge in [-0.1, -0.05) is 82.9 Å². The highest BCUT2D eigenvalue weighted by Gasteiger charge is 2.67. The van der Waals surface area contributed by atoms with Gasteiger partial charge in [0, 0.05) is 73.9 Å². The van der Waals surface area contributed by atoms with Crippen LogP contribution in [0.2, 0.25) is 0 Å². The summed E-state index contributed by atoms with van der Waals surface area (Å²) in [6, 6.07) is 0. The summed E-state index contributed by atoms with van der Waals surface area (Å²) < 4.78 is 50.1. The van der Waals surface area contributed by atoms with Crippen molar-refractivity contribution in [3.05, 3.63) is 46.3 Å². The molecule has 8 aliphatic rings. The van der Waals surface area contributed by atoms with Crippen molar-refractivity contribution in [3.63, 3.8) is 0 Å². The van der Waals surface area contributed by atoms with E-state index in [9.17, 15) is 45.3 Å². The number of allylic oxidation sites excluding steroid dienone is 4. The predicted molar refractivity (Wildman–Crippen MR) is 279 cm³/mol. The number of fused-ring (bicyclic) bond motifs is 4. The van der Waals surface area contributed by atoms with Gasteiger partial charge in [0.1, 0.15) is 47.6 Å². The SMILES string of the molecule is CO[C@H]1[C@@H](O)[C@H](O[C@H]2[C@@H](O)C[C@H](O[C@@H]3[C@H](C)CCC[C@]4(C)C=C(C)[C@H](C)C[C@]45OC(=O)C(=C(O)[C@@]4(C)[C@@H](C(C)=C[C@H](CO)C[C@H]3C)C(C)=C[C@H]3[C@H]4[C@@H](C)C(=O)C[C@@H]3O)C5=O)O[C@@H]2C)O[C@@H](C)[C@@H]1O[C@H]1C[C@H](O)[C@H](O)[C@@H](C)O1. The summed E-state index contributed by atoms with van der Waals surface area (Å²) in [6.45, 7) is 22.4. The molecule has 4 heterocycles. The molecule has 0 aromatic heterocycles. The number of methoxy groups -OCH3 is 1. The van der Waals surface area contributed by atoms with Crippen LogP contribution in [-0.2, 0) is 52.3 Å². The third kappa shape index (κ3) is 10.9. The smallest absolute Gasteiger partial charge is 0.346 e. The Morgan fingerprint density at radius 3 is 1.96 bits per heavy atom. The zero-order valence-corrected chi connectivity index (χ0v) is 47.5. The second-order valence-corrected chi connectivity index (χ2v) is 25.2. The van der Waals surface area contributed by atoms with Crippen LogP contribution in [0.25, 0.3) is 0 Å². The maximum absolute atomic E-state index is 15.5. The van der Waals surface area contributed by atoms with Gasteiger partial charge in [-0.3, -0.25) is 9.59 Å². The minimum atomic E-state index is -1.63. The molecule has 434 valence electrons. The number of ether oxygens (including phenoxy) is 8. The molecule has 4 saturated heterocycles. The van der Waals surface area contributed by atoms with Crippen molar-refractivity contribution in [2.75, 3.05) is 13.7 Å². The lowest BCUT2D eigenvalue weighted by molar-refractivity contribution is -0.360. The van der Waals surface area contributed by atoms with Gasteiger partial charge in [0.15, 0.2) is 24.5 Å². The first-order valence-electron chi connectivity index (χ1n) is 28.4. The monoisotopic (exact) mass is 1090 g/mol. The first-order valence-corrected chi connectivity index (χ1v) is 28.4. The number of Topliss-reactive ketones (excluding diaryl/α,β-unsaturated/α-hetero) is 2. The van der Waals surface area contributed by atoms with E-state index in [1.165, 1.54) is 7.11 Å². The van der Waals surface area contributed by atoms with Crippen molar-refractivity contribution in [2.24, 2.45) is 58.2 Å². The highest BCUT2D eigenvalue weighted by atomic mass is 16.8. The molecule has 4 aliphatic heterocycles. The molecule has 4 aliphatic carbocycles. The Balaban J connectivity index is 1.07. The van der Waals surface area contributed by atoms with Gasteiger partial charge in [-0.15, -0.1) is 0 Å². The summed E-state index contributed by atoms with van der Waals surface area (Å²) >= 11 is 0. The van der Waals surface area contributed by atoms with E-state index in [1.54, 1.807) is 34.6 Å². The van der Waals surface area contributed by atoms with Crippen molar-refractivity contribution in [2.45, 2.75) is 232 Å². The Hall–Kier alpha value is -2.95. The summed E-state index contributed by atoms with van der Waals surface area (Å²) in [5.41, 5.74) is -1.86. The van der Waals surface area contributed by atoms with Gasteiger partial charge < -0.3 is 73.6 Å². The largest absolute Gasteiger partial charge is 0.511 e. The molecule has 0 unspecified atom stereocenters. The highest BCUT2D eigenvalue weighted by Crippen LogP contribution is 2.62. The molecule has 5 fully saturated rings. The average molecular weight is 1090 g/mol. The van der Waals surface area contributed by atoms with Gasteiger partial charge in [-0.05, 0) is 84.5 Å². The maximum Gasteiger partial charge on any atom is 0.346 e. The molecule has 1 saturated carbocycles. The minimum absolute atomic E-state index is 0.00241. The zero-order chi connectivity index (χ0) is 56.5. The second kappa shape index (κ2) is 23.1. The number of hydrogen-bond acceptors (Lipinski definition) is 18. The van der Waals surface area contributed by atoms with Crippen LogP contribution in [-0.4, -0.2) is 165 Å². The molecular formula is C59H90O18. The van der Waals surface area contributed by atoms with E-state index in [1.807, 2.05) is 46.8 Å². The zero-order valence-electron chi connectivity index (χ0n) is 47.5. The number of esters is 1. The molecule has 1 spiro atoms. The third-order valence-corrected chi connectivity index (χ3v) is 19.8. The lowest BCUT2D eigenvalue weighted by atomic mass is 9.48. The molecule has 0 radical (unpaired) electrons. The molecule has 8 rings (SSSR count). The van der Waals surface area contributed by atoms with Crippen LogP contribution in [0.15, 0.2) is 46.3 Å². The fourth-order valence-corrected chi connectivity index (χ4v) is 15.6. The Kier molecular flexibility index (Phi) is 18.1. The van der Waals surface area contributed by atoms with E-state index in [-0.39, 0.29) is 55.8 Å². The Morgan fingerprint density at radius 1 is 0.701 bits per heavy atom. The number of ketones is 2. The molecule has 18 nitrogen and oxygen atoms in total. The first kappa shape index (κ1) is 60.2. The molecule has 0 aromatic rings. The van der Waals surface area contributed by atoms with Crippen molar-refractivity contribution in [1.29, 1.82) is 0 Å². The van der Waals surface area contributed by atoms with E-state index >= 15 is 4.79 Å². The highest BCUT2D eigenvalue weighted by molar-refractivity contribution is 6.26. The van der Waals surface area contributed by atoms with Crippen molar-refractivity contribution in [1.82, 2.24) is 0 Å².